The van der Waals surface area contributed by atoms with Gasteiger partial charge in [-0.05, 0) is 30.2 Å². The summed E-state index contributed by atoms with van der Waals surface area (Å²) in [5.41, 5.74) is 5.00. The van der Waals surface area contributed by atoms with Crippen molar-refractivity contribution in [2.75, 3.05) is 26.2 Å². The first-order valence-corrected chi connectivity index (χ1v) is 7.46. The molecule has 1 saturated heterocycles. The number of nitrogens with zero attached hydrogens (tertiary/aromatic N) is 2. The Hall–Kier alpha value is -2.51. The molecule has 1 aromatic carbocycles. The Morgan fingerprint density at radius 1 is 1.00 bits per heavy atom. The van der Waals surface area contributed by atoms with Crippen LogP contribution in [-0.2, 0) is 11.0 Å². The van der Waals surface area contributed by atoms with Crippen LogP contribution in [0.2, 0.25) is 0 Å². The maximum atomic E-state index is 12.5. The highest BCUT2D eigenvalue weighted by Gasteiger charge is 2.29. The molecule has 1 heterocycles. The molecule has 3 amide bonds. The van der Waals surface area contributed by atoms with Crippen molar-refractivity contribution < 1.29 is 22.8 Å². The van der Waals surface area contributed by atoms with Gasteiger partial charge in [0.25, 0.3) is 0 Å². The molecule has 24 heavy (non-hydrogen) atoms. The van der Waals surface area contributed by atoms with Crippen LogP contribution in [0.4, 0.5) is 18.0 Å². The smallest absolute Gasteiger partial charge is 0.351 e. The summed E-state index contributed by atoms with van der Waals surface area (Å²) in [5, 5.41) is 0. The van der Waals surface area contributed by atoms with Gasteiger partial charge in [-0.25, -0.2) is 4.79 Å². The zero-order chi connectivity index (χ0) is 17.7. The number of hydrogen-bond donors (Lipinski definition) is 1. The summed E-state index contributed by atoms with van der Waals surface area (Å²) >= 11 is 0. The van der Waals surface area contributed by atoms with E-state index in [-0.39, 0.29) is 5.91 Å². The highest BCUT2D eigenvalue weighted by atomic mass is 19.4. The van der Waals surface area contributed by atoms with E-state index in [1.807, 2.05) is 0 Å². The highest BCUT2D eigenvalue weighted by Crippen LogP contribution is 2.29. The summed E-state index contributed by atoms with van der Waals surface area (Å²) < 4.78 is 37.5. The molecule has 0 spiro atoms. The molecule has 0 aromatic heterocycles. The molecule has 1 aromatic rings. The van der Waals surface area contributed by atoms with Crippen molar-refractivity contribution in [1.82, 2.24) is 9.80 Å². The second kappa shape index (κ2) is 7.37. The van der Waals surface area contributed by atoms with E-state index in [4.69, 9.17) is 5.73 Å². The third kappa shape index (κ3) is 4.74. The number of rotatable bonds is 2. The number of carbonyl (C=O) groups is 2. The van der Waals surface area contributed by atoms with Crippen LogP contribution in [-0.4, -0.2) is 47.9 Å². The van der Waals surface area contributed by atoms with Crippen molar-refractivity contribution >= 4 is 18.0 Å². The largest absolute Gasteiger partial charge is 0.416 e. The minimum absolute atomic E-state index is 0.249. The summed E-state index contributed by atoms with van der Waals surface area (Å²) in [7, 11) is 0. The molecule has 1 aliphatic heterocycles. The number of urea groups is 1. The van der Waals surface area contributed by atoms with E-state index >= 15 is 0 Å². The fourth-order valence-corrected chi connectivity index (χ4v) is 2.41. The average molecular weight is 341 g/mol. The molecular formula is C16H18F3N3O2. The van der Waals surface area contributed by atoms with Crippen molar-refractivity contribution in [2.24, 2.45) is 5.73 Å². The first kappa shape index (κ1) is 17.8. The molecule has 1 aliphatic rings. The molecule has 8 heteroatoms. The number of alkyl halides is 3. The van der Waals surface area contributed by atoms with Crippen LogP contribution in [0.25, 0.3) is 6.08 Å². The van der Waals surface area contributed by atoms with E-state index in [0.717, 1.165) is 12.1 Å². The van der Waals surface area contributed by atoms with Gasteiger partial charge in [-0.3, -0.25) is 4.79 Å². The predicted molar refractivity (Wildman–Crippen MR) is 82.8 cm³/mol. The summed E-state index contributed by atoms with van der Waals surface area (Å²) in [5.74, 6) is -0.249. The quantitative estimate of drug-likeness (QED) is 0.839. The van der Waals surface area contributed by atoms with Gasteiger partial charge in [0.15, 0.2) is 0 Å². The Morgan fingerprint density at radius 3 is 2.17 bits per heavy atom. The van der Waals surface area contributed by atoms with Gasteiger partial charge in [0.05, 0.1) is 5.56 Å². The molecule has 0 atom stereocenters. The lowest BCUT2D eigenvalue weighted by Gasteiger charge is -2.19. The van der Waals surface area contributed by atoms with Crippen LogP contribution in [0.3, 0.4) is 0 Å². The number of amides is 3. The van der Waals surface area contributed by atoms with Gasteiger partial charge in [-0.2, -0.15) is 13.2 Å². The van der Waals surface area contributed by atoms with Crippen LogP contribution in [0.1, 0.15) is 17.5 Å². The second-order valence-corrected chi connectivity index (χ2v) is 5.46. The molecule has 0 bridgehead atoms. The average Bonchev–Trinajstić information content (AvgIpc) is 2.78. The zero-order valence-electron chi connectivity index (χ0n) is 12.9. The van der Waals surface area contributed by atoms with Crippen molar-refractivity contribution in [1.29, 1.82) is 0 Å². The maximum Gasteiger partial charge on any atom is 0.416 e. The molecule has 130 valence electrons. The summed E-state index contributed by atoms with van der Waals surface area (Å²) in [6, 6.07) is 4.06. The number of hydrogen-bond acceptors (Lipinski definition) is 2. The Labute approximate surface area is 137 Å². The molecule has 5 nitrogen and oxygen atoms in total. The first-order chi connectivity index (χ1) is 11.3. The fourth-order valence-electron chi connectivity index (χ4n) is 2.41. The second-order valence-electron chi connectivity index (χ2n) is 5.46. The summed E-state index contributed by atoms with van der Waals surface area (Å²) in [6.45, 7) is 1.75. The minimum Gasteiger partial charge on any atom is -0.351 e. The number of carbonyl (C=O) groups excluding carboxylic acids is 2. The van der Waals surface area contributed by atoms with E-state index in [0.29, 0.717) is 38.2 Å². The SMILES string of the molecule is NC(=O)N1CCCN(C(=O)C=Cc2ccc(C(F)(F)F)cc2)CC1. The van der Waals surface area contributed by atoms with Gasteiger partial charge in [-0.1, -0.05) is 12.1 Å². The molecule has 0 saturated carbocycles. The molecule has 0 unspecified atom stereocenters. The minimum atomic E-state index is -4.38. The van der Waals surface area contributed by atoms with E-state index in [1.165, 1.54) is 29.2 Å². The van der Waals surface area contributed by atoms with Crippen LogP contribution < -0.4 is 5.73 Å². The van der Waals surface area contributed by atoms with Crippen LogP contribution in [0.5, 0.6) is 0 Å². The molecule has 2 rings (SSSR count). The van der Waals surface area contributed by atoms with Crippen LogP contribution in [0, 0.1) is 0 Å². The topological polar surface area (TPSA) is 66.6 Å². The molecule has 0 aliphatic carbocycles. The zero-order valence-corrected chi connectivity index (χ0v) is 12.9. The van der Waals surface area contributed by atoms with Crippen LogP contribution in [0.15, 0.2) is 30.3 Å². The van der Waals surface area contributed by atoms with Gasteiger partial charge < -0.3 is 15.5 Å². The van der Waals surface area contributed by atoms with E-state index < -0.39 is 17.8 Å². The summed E-state index contributed by atoms with van der Waals surface area (Å²) in [4.78, 5) is 26.4. The van der Waals surface area contributed by atoms with E-state index in [2.05, 4.69) is 0 Å². The molecule has 2 N–H and O–H groups in total. The fraction of sp³-hybridized carbons (Fsp3) is 0.375. The standard InChI is InChI=1S/C16H18F3N3O2/c17-16(18,19)13-5-2-12(3-6-13)4-7-14(23)21-8-1-9-22(11-10-21)15(20)24/h2-7H,1,8-11H2,(H2,20,24). The van der Waals surface area contributed by atoms with Gasteiger partial charge in [0.1, 0.15) is 0 Å². The Morgan fingerprint density at radius 2 is 1.58 bits per heavy atom. The van der Waals surface area contributed by atoms with Crippen molar-refractivity contribution in [3.63, 3.8) is 0 Å². The van der Waals surface area contributed by atoms with Crippen LogP contribution >= 0.6 is 0 Å². The number of primary amides is 1. The third-order valence-electron chi connectivity index (χ3n) is 3.78. The molecule has 0 radical (unpaired) electrons. The number of benzene rings is 1. The van der Waals surface area contributed by atoms with Gasteiger partial charge in [0.2, 0.25) is 5.91 Å². The number of halogens is 3. The maximum absolute atomic E-state index is 12.5. The molecule has 1 fully saturated rings. The lowest BCUT2D eigenvalue weighted by Crippen LogP contribution is -2.39. The lowest BCUT2D eigenvalue weighted by molar-refractivity contribution is -0.137. The van der Waals surface area contributed by atoms with E-state index in [9.17, 15) is 22.8 Å². The van der Waals surface area contributed by atoms with Gasteiger partial charge in [0, 0.05) is 32.3 Å². The van der Waals surface area contributed by atoms with Crippen molar-refractivity contribution in [3.05, 3.63) is 41.5 Å². The van der Waals surface area contributed by atoms with Crippen molar-refractivity contribution in [2.45, 2.75) is 12.6 Å². The Balaban J connectivity index is 1.96. The molecular weight excluding hydrogens is 323 g/mol. The lowest BCUT2D eigenvalue weighted by atomic mass is 10.1. The normalized spacial score (nSPS) is 16.3. The van der Waals surface area contributed by atoms with Gasteiger partial charge in [-0.15, -0.1) is 0 Å². The third-order valence-corrected chi connectivity index (χ3v) is 3.78. The highest BCUT2D eigenvalue weighted by molar-refractivity contribution is 5.91. The Kier molecular flexibility index (Phi) is 5.48. The van der Waals surface area contributed by atoms with Gasteiger partial charge >= 0.3 is 12.2 Å². The summed E-state index contributed by atoms with van der Waals surface area (Å²) in [6.07, 6.45) is -0.957. The van der Waals surface area contributed by atoms with E-state index in [1.54, 1.807) is 4.90 Å². The monoisotopic (exact) mass is 341 g/mol. The Bertz CT molecular complexity index is 626. The first-order valence-electron chi connectivity index (χ1n) is 7.46. The van der Waals surface area contributed by atoms with Crippen molar-refractivity contribution in [3.8, 4) is 0 Å². The number of nitrogens with two attached hydrogens (primary N) is 1. The predicted octanol–water partition coefficient (Wildman–Crippen LogP) is 2.33.